The second kappa shape index (κ2) is 1.69. The van der Waals surface area contributed by atoms with Crippen molar-refractivity contribution in [2.45, 2.75) is 0 Å². The minimum atomic E-state index is -0.403. The highest BCUT2D eigenvalue weighted by molar-refractivity contribution is 5.13. The third-order valence-corrected chi connectivity index (χ3v) is 0.798. The molecule has 0 saturated heterocycles. The maximum Gasteiger partial charge on any atom is 0.422 e. The first kappa shape index (κ1) is 4.90. The summed E-state index contributed by atoms with van der Waals surface area (Å²) < 4.78 is 5.64. The maximum absolute atomic E-state index is 10.4. The van der Waals surface area contributed by atoms with E-state index >= 15 is 0 Å². The van der Waals surface area contributed by atoms with Gasteiger partial charge in [-0.3, -0.25) is 4.57 Å². The molecular formula is C5H5NO2. The molecule has 3 heteroatoms. The van der Waals surface area contributed by atoms with Crippen molar-refractivity contribution in [2.75, 3.05) is 0 Å². The Labute approximate surface area is 45.9 Å². The highest BCUT2D eigenvalue weighted by Crippen LogP contribution is 1.78. The van der Waals surface area contributed by atoms with Crippen LogP contribution in [0.15, 0.2) is 28.3 Å². The van der Waals surface area contributed by atoms with Crippen molar-refractivity contribution in [1.29, 1.82) is 0 Å². The van der Waals surface area contributed by atoms with Gasteiger partial charge in [0.1, 0.15) is 6.26 Å². The Kier molecular flexibility index (Phi) is 1.04. The fourth-order valence-electron chi connectivity index (χ4n) is 0.411. The molecule has 0 atom stereocenters. The Morgan fingerprint density at radius 2 is 2.62 bits per heavy atom. The number of aromatic nitrogens is 1. The van der Waals surface area contributed by atoms with Crippen molar-refractivity contribution >= 4 is 6.20 Å². The van der Waals surface area contributed by atoms with Crippen LogP contribution in [0.4, 0.5) is 0 Å². The van der Waals surface area contributed by atoms with Crippen molar-refractivity contribution in [2.24, 2.45) is 0 Å². The molecule has 0 aliphatic rings. The molecule has 0 fully saturated rings. The van der Waals surface area contributed by atoms with E-state index in [1.165, 1.54) is 23.2 Å². The summed E-state index contributed by atoms with van der Waals surface area (Å²) in [7, 11) is 0. The van der Waals surface area contributed by atoms with E-state index in [1.54, 1.807) is 0 Å². The lowest BCUT2D eigenvalue weighted by atomic mass is 10.9. The summed E-state index contributed by atoms with van der Waals surface area (Å²) in [5.74, 6) is -0.403. The van der Waals surface area contributed by atoms with Crippen LogP contribution >= 0.6 is 0 Å². The molecule has 0 saturated carbocycles. The SMILES string of the molecule is C=Cn1ccoc1=O. The van der Waals surface area contributed by atoms with Crippen LogP contribution in [0.5, 0.6) is 0 Å². The number of oxazole rings is 1. The van der Waals surface area contributed by atoms with E-state index in [9.17, 15) is 4.79 Å². The van der Waals surface area contributed by atoms with Gasteiger partial charge >= 0.3 is 5.76 Å². The molecule has 0 N–H and O–H groups in total. The minimum absolute atomic E-state index is 0.403. The van der Waals surface area contributed by atoms with E-state index < -0.39 is 5.76 Å². The molecule has 0 bridgehead atoms. The second-order valence-corrected chi connectivity index (χ2v) is 1.26. The van der Waals surface area contributed by atoms with Crippen molar-refractivity contribution < 1.29 is 4.42 Å². The molecule has 0 spiro atoms. The molecule has 1 aromatic heterocycles. The molecule has 0 unspecified atom stereocenters. The van der Waals surface area contributed by atoms with Crippen molar-refractivity contribution in [3.05, 3.63) is 29.6 Å². The lowest BCUT2D eigenvalue weighted by Crippen LogP contribution is -2.05. The molecule has 1 heterocycles. The summed E-state index contributed by atoms with van der Waals surface area (Å²) >= 11 is 0. The van der Waals surface area contributed by atoms with Gasteiger partial charge in [-0.05, 0) is 0 Å². The topological polar surface area (TPSA) is 35.1 Å². The van der Waals surface area contributed by atoms with Crippen LogP contribution in [-0.2, 0) is 0 Å². The van der Waals surface area contributed by atoms with E-state index in [1.807, 2.05) is 0 Å². The number of hydrogen-bond acceptors (Lipinski definition) is 2. The first-order chi connectivity index (χ1) is 3.84. The van der Waals surface area contributed by atoms with Crippen LogP contribution in [0.1, 0.15) is 0 Å². The highest BCUT2D eigenvalue weighted by Gasteiger charge is 1.87. The van der Waals surface area contributed by atoms with Gasteiger partial charge < -0.3 is 4.42 Å². The van der Waals surface area contributed by atoms with Gasteiger partial charge in [0.05, 0.1) is 6.20 Å². The Balaban J connectivity index is 3.30. The van der Waals surface area contributed by atoms with Gasteiger partial charge in [-0.1, -0.05) is 6.58 Å². The largest absolute Gasteiger partial charge is 0.422 e. The van der Waals surface area contributed by atoms with Crippen LogP contribution in [0.3, 0.4) is 0 Å². The highest BCUT2D eigenvalue weighted by atomic mass is 16.4. The van der Waals surface area contributed by atoms with Crippen LogP contribution in [-0.4, -0.2) is 4.57 Å². The minimum Gasteiger partial charge on any atom is -0.416 e. The average molecular weight is 111 g/mol. The Morgan fingerprint density at radius 1 is 1.88 bits per heavy atom. The Morgan fingerprint density at radius 3 is 2.88 bits per heavy atom. The van der Waals surface area contributed by atoms with Gasteiger partial charge in [0.2, 0.25) is 0 Å². The van der Waals surface area contributed by atoms with Crippen molar-refractivity contribution in [3.8, 4) is 0 Å². The third kappa shape index (κ3) is 0.578. The van der Waals surface area contributed by atoms with Crippen LogP contribution in [0, 0.1) is 0 Å². The van der Waals surface area contributed by atoms with Gasteiger partial charge in [-0.15, -0.1) is 0 Å². The standard InChI is InChI=1S/C5H5NO2/c1-2-6-3-4-8-5(6)7/h2-4H,1H2. The van der Waals surface area contributed by atoms with E-state index in [0.717, 1.165) is 0 Å². The first-order valence-corrected chi connectivity index (χ1v) is 2.13. The predicted molar refractivity (Wildman–Crippen MR) is 29.4 cm³/mol. The fourth-order valence-corrected chi connectivity index (χ4v) is 0.411. The van der Waals surface area contributed by atoms with Gasteiger partial charge in [0.15, 0.2) is 0 Å². The van der Waals surface area contributed by atoms with Gasteiger partial charge in [0.25, 0.3) is 0 Å². The molecule has 0 radical (unpaired) electrons. The van der Waals surface area contributed by atoms with E-state index in [4.69, 9.17) is 0 Å². The molecule has 1 aromatic rings. The summed E-state index contributed by atoms with van der Waals surface area (Å²) in [6.45, 7) is 3.37. The number of hydrogen-bond donors (Lipinski definition) is 0. The molecule has 42 valence electrons. The average Bonchev–Trinajstić information content (AvgIpc) is 2.14. The van der Waals surface area contributed by atoms with E-state index in [-0.39, 0.29) is 0 Å². The van der Waals surface area contributed by atoms with Gasteiger partial charge in [-0.25, -0.2) is 4.79 Å². The van der Waals surface area contributed by atoms with E-state index in [0.29, 0.717) is 0 Å². The molecule has 0 aliphatic heterocycles. The van der Waals surface area contributed by atoms with E-state index in [2.05, 4.69) is 11.0 Å². The zero-order valence-electron chi connectivity index (χ0n) is 4.20. The first-order valence-electron chi connectivity index (χ1n) is 2.13. The summed E-state index contributed by atoms with van der Waals surface area (Å²) in [5, 5.41) is 0. The summed E-state index contributed by atoms with van der Waals surface area (Å²) in [4.78, 5) is 10.4. The van der Waals surface area contributed by atoms with Crippen molar-refractivity contribution in [3.63, 3.8) is 0 Å². The lowest BCUT2D eigenvalue weighted by molar-refractivity contribution is 0.507. The molecular weight excluding hydrogens is 106 g/mol. The zero-order chi connectivity index (χ0) is 5.98. The quantitative estimate of drug-likeness (QED) is 0.530. The summed E-state index contributed by atoms with van der Waals surface area (Å²) in [6.07, 6.45) is 4.19. The van der Waals surface area contributed by atoms with Gasteiger partial charge in [0, 0.05) is 6.20 Å². The fraction of sp³-hybridized carbons (Fsp3) is 0. The normalized spacial score (nSPS) is 9.00. The third-order valence-electron chi connectivity index (χ3n) is 0.798. The lowest BCUT2D eigenvalue weighted by Gasteiger charge is -1.78. The van der Waals surface area contributed by atoms with Gasteiger partial charge in [-0.2, -0.15) is 0 Å². The van der Waals surface area contributed by atoms with Crippen molar-refractivity contribution in [1.82, 2.24) is 4.57 Å². The second-order valence-electron chi connectivity index (χ2n) is 1.26. The number of rotatable bonds is 1. The van der Waals surface area contributed by atoms with Crippen LogP contribution < -0.4 is 5.76 Å². The molecule has 0 amide bonds. The molecule has 8 heavy (non-hydrogen) atoms. The summed E-state index contributed by atoms with van der Waals surface area (Å²) in [6, 6.07) is 0. The Hall–Kier alpha value is -1.25. The molecule has 0 aromatic carbocycles. The van der Waals surface area contributed by atoms with Crippen LogP contribution in [0.25, 0.3) is 6.20 Å². The number of nitrogens with zero attached hydrogens (tertiary/aromatic N) is 1. The summed E-state index contributed by atoms with van der Waals surface area (Å²) in [5.41, 5.74) is 0. The molecule has 3 nitrogen and oxygen atoms in total. The monoisotopic (exact) mass is 111 g/mol. The maximum atomic E-state index is 10.4. The molecule has 0 aliphatic carbocycles. The predicted octanol–water partition coefficient (Wildman–Crippen LogP) is 0.542. The van der Waals surface area contributed by atoms with Crippen LogP contribution in [0.2, 0.25) is 0 Å². The Bertz CT molecular complexity index is 233. The molecule has 1 rings (SSSR count). The zero-order valence-corrected chi connectivity index (χ0v) is 4.20. The smallest absolute Gasteiger partial charge is 0.416 e.